The number of nitrogens with zero attached hydrogens (tertiary/aromatic N) is 1. The highest BCUT2D eigenvalue weighted by atomic mass is 19.2. The Balaban J connectivity index is 2.52. The molecule has 1 aromatic carbocycles. The number of oxazole rings is 1. The van der Waals surface area contributed by atoms with Gasteiger partial charge in [0.15, 0.2) is 23.7 Å². The van der Waals surface area contributed by atoms with Gasteiger partial charge in [-0.2, -0.15) is 0 Å². The van der Waals surface area contributed by atoms with Crippen LogP contribution >= 0.6 is 0 Å². The monoisotopic (exact) mass is 227 g/mol. The molecular formula is C10H4F3NO2. The van der Waals surface area contributed by atoms with Gasteiger partial charge in [-0.3, -0.25) is 4.79 Å². The van der Waals surface area contributed by atoms with Crippen molar-refractivity contribution in [3.8, 4) is 11.5 Å². The molecule has 0 aliphatic rings. The number of rotatable bonds is 2. The van der Waals surface area contributed by atoms with E-state index >= 15 is 0 Å². The lowest BCUT2D eigenvalue weighted by molar-refractivity contribution is 0.111. The van der Waals surface area contributed by atoms with E-state index in [1.807, 2.05) is 0 Å². The molecule has 0 bridgehead atoms. The lowest BCUT2D eigenvalue weighted by Crippen LogP contribution is -1.92. The maximum absolute atomic E-state index is 12.9. The predicted molar refractivity (Wildman–Crippen MR) is 47.2 cm³/mol. The van der Waals surface area contributed by atoms with E-state index in [-0.39, 0.29) is 17.1 Å². The first kappa shape index (κ1) is 10.4. The van der Waals surface area contributed by atoms with E-state index in [0.717, 1.165) is 18.4 Å². The molecule has 16 heavy (non-hydrogen) atoms. The van der Waals surface area contributed by atoms with Crippen LogP contribution in [-0.2, 0) is 0 Å². The molecule has 0 atom stereocenters. The largest absolute Gasteiger partial charge is 0.444 e. The van der Waals surface area contributed by atoms with Gasteiger partial charge in [0.05, 0.1) is 0 Å². The van der Waals surface area contributed by atoms with Gasteiger partial charge >= 0.3 is 0 Å². The van der Waals surface area contributed by atoms with Crippen molar-refractivity contribution in [1.29, 1.82) is 0 Å². The SMILES string of the molecule is O=Cc1coc(-c2cc(F)c(F)c(F)c2)n1. The van der Waals surface area contributed by atoms with Gasteiger partial charge in [-0.1, -0.05) is 0 Å². The van der Waals surface area contributed by atoms with E-state index in [1.54, 1.807) is 0 Å². The molecule has 82 valence electrons. The minimum Gasteiger partial charge on any atom is -0.444 e. The Morgan fingerprint density at radius 1 is 1.19 bits per heavy atom. The first-order valence-corrected chi connectivity index (χ1v) is 4.17. The van der Waals surface area contributed by atoms with Gasteiger partial charge in [-0.15, -0.1) is 0 Å². The molecular weight excluding hydrogens is 223 g/mol. The summed E-state index contributed by atoms with van der Waals surface area (Å²) in [5, 5.41) is 0. The van der Waals surface area contributed by atoms with Crippen molar-refractivity contribution >= 4 is 6.29 Å². The normalized spacial score (nSPS) is 10.4. The summed E-state index contributed by atoms with van der Waals surface area (Å²) in [6.07, 6.45) is 1.45. The van der Waals surface area contributed by atoms with Crippen molar-refractivity contribution in [3.05, 3.63) is 41.5 Å². The number of carbonyl (C=O) groups is 1. The summed E-state index contributed by atoms with van der Waals surface area (Å²) in [6.45, 7) is 0. The van der Waals surface area contributed by atoms with E-state index in [2.05, 4.69) is 4.98 Å². The maximum atomic E-state index is 12.9. The molecule has 3 nitrogen and oxygen atoms in total. The molecule has 0 N–H and O–H groups in total. The maximum Gasteiger partial charge on any atom is 0.226 e. The fraction of sp³-hybridized carbons (Fsp3) is 0. The van der Waals surface area contributed by atoms with Crippen LogP contribution in [0.1, 0.15) is 10.5 Å². The van der Waals surface area contributed by atoms with E-state index in [4.69, 9.17) is 4.42 Å². The van der Waals surface area contributed by atoms with E-state index < -0.39 is 17.5 Å². The van der Waals surface area contributed by atoms with E-state index in [0.29, 0.717) is 6.29 Å². The molecule has 6 heteroatoms. The Morgan fingerprint density at radius 3 is 2.31 bits per heavy atom. The number of hydrogen-bond donors (Lipinski definition) is 0. The highest BCUT2D eigenvalue weighted by molar-refractivity contribution is 5.72. The second-order valence-corrected chi connectivity index (χ2v) is 2.95. The predicted octanol–water partition coefficient (Wildman–Crippen LogP) is 2.57. The van der Waals surface area contributed by atoms with Crippen molar-refractivity contribution in [3.63, 3.8) is 0 Å². The fourth-order valence-electron chi connectivity index (χ4n) is 1.15. The average molecular weight is 227 g/mol. The summed E-state index contributed by atoms with van der Waals surface area (Å²) in [5.74, 6) is -4.41. The van der Waals surface area contributed by atoms with Crippen LogP contribution in [0.3, 0.4) is 0 Å². The summed E-state index contributed by atoms with van der Waals surface area (Å²) in [6, 6.07) is 1.47. The number of carbonyl (C=O) groups excluding carboxylic acids is 1. The molecule has 1 aromatic heterocycles. The Kier molecular flexibility index (Phi) is 2.47. The van der Waals surface area contributed by atoms with Crippen molar-refractivity contribution in [2.24, 2.45) is 0 Å². The van der Waals surface area contributed by atoms with Gasteiger partial charge in [-0.25, -0.2) is 18.2 Å². The summed E-state index contributed by atoms with van der Waals surface area (Å²) < 4.78 is 43.2. The van der Waals surface area contributed by atoms with Crippen molar-refractivity contribution in [2.45, 2.75) is 0 Å². The third kappa shape index (κ3) is 1.69. The topological polar surface area (TPSA) is 43.1 Å². The van der Waals surface area contributed by atoms with Gasteiger partial charge in [0.1, 0.15) is 12.0 Å². The molecule has 0 unspecified atom stereocenters. The van der Waals surface area contributed by atoms with Crippen LogP contribution in [0, 0.1) is 17.5 Å². The van der Waals surface area contributed by atoms with Gasteiger partial charge in [0, 0.05) is 5.56 Å². The first-order chi connectivity index (χ1) is 7.61. The molecule has 1 heterocycles. The van der Waals surface area contributed by atoms with Gasteiger partial charge in [0.2, 0.25) is 5.89 Å². The second kappa shape index (κ2) is 3.80. The van der Waals surface area contributed by atoms with E-state index in [1.165, 1.54) is 0 Å². The zero-order valence-corrected chi connectivity index (χ0v) is 7.71. The standard InChI is InChI=1S/C10H4F3NO2/c11-7-1-5(2-8(12)9(7)13)10-14-6(3-15)4-16-10/h1-4H. The smallest absolute Gasteiger partial charge is 0.226 e. The average Bonchev–Trinajstić information content (AvgIpc) is 2.73. The minimum absolute atomic E-state index is 0.0138. The molecule has 0 spiro atoms. The van der Waals surface area contributed by atoms with Crippen LogP contribution in [0.25, 0.3) is 11.5 Å². The third-order valence-electron chi connectivity index (χ3n) is 1.87. The van der Waals surface area contributed by atoms with Crippen molar-refractivity contribution in [1.82, 2.24) is 4.98 Å². The summed E-state index contributed by atoms with van der Waals surface area (Å²) >= 11 is 0. The minimum atomic E-state index is -1.56. The molecule has 0 radical (unpaired) electrons. The number of hydrogen-bond acceptors (Lipinski definition) is 3. The Morgan fingerprint density at radius 2 is 1.81 bits per heavy atom. The highest BCUT2D eigenvalue weighted by Crippen LogP contribution is 2.22. The molecule has 2 aromatic rings. The molecule has 0 saturated heterocycles. The Hall–Kier alpha value is -2.11. The molecule has 0 aliphatic heterocycles. The lowest BCUT2D eigenvalue weighted by Gasteiger charge is -1.98. The molecule has 0 aliphatic carbocycles. The van der Waals surface area contributed by atoms with Crippen LogP contribution in [0.15, 0.2) is 22.8 Å². The first-order valence-electron chi connectivity index (χ1n) is 4.17. The van der Waals surface area contributed by atoms with Gasteiger partial charge in [-0.05, 0) is 12.1 Å². The van der Waals surface area contributed by atoms with Gasteiger partial charge in [0.25, 0.3) is 0 Å². The van der Waals surface area contributed by atoms with Crippen LogP contribution in [0.5, 0.6) is 0 Å². The Bertz CT molecular complexity index is 528. The van der Waals surface area contributed by atoms with Crippen LogP contribution in [0.2, 0.25) is 0 Å². The summed E-state index contributed by atoms with van der Waals surface area (Å²) in [5.41, 5.74) is -0.0929. The zero-order valence-electron chi connectivity index (χ0n) is 7.71. The van der Waals surface area contributed by atoms with Crippen LogP contribution < -0.4 is 0 Å². The molecule has 2 rings (SSSR count). The number of aldehydes is 1. The van der Waals surface area contributed by atoms with Crippen LogP contribution in [-0.4, -0.2) is 11.3 Å². The van der Waals surface area contributed by atoms with Crippen LogP contribution in [0.4, 0.5) is 13.2 Å². The number of benzene rings is 1. The highest BCUT2D eigenvalue weighted by Gasteiger charge is 2.14. The molecule has 0 amide bonds. The van der Waals surface area contributed by atoms with Crippen molar-refractivity contribution in [2.75, 3.05) is 0 Å². The molecule has 0 saturated carbocycles. The Labute approximate surface area is 87.5 Å². The second-order valence-electron chi connectivity index (χ2n) is 2.95. The number of halogens is 3. The summed E-state index contributed by atoms with van der Waals surface area (Å²) in [4.78, 5) is 13.9. The van der Waals surface area contributed by atoms with Crippen molar-refractivity contribution < 1.29 is 22.4 Å². The summed E-state index contributed by atoms with van der Waals surface area (Å²) in [7, 11) is 0. The third-order valence-corrected chi connectivity index (χ3v) is 1.87. The fourth-order valence-corrected chi connectivity index (χ4v) is 1.15. The lowest BCUT2D eigenvalue weighted by atomic mass is 10.2. The quantitative estimate of drug-likeness (QED) is 0.585. The van der Waals surface area contributed by atoms with Gasteiger partial charge < -0.3 is 4.42 Å². The zero-order chi connectivity index (χ0) is 11.7. The molecule has 0 fully saturated rings. The number of aromatic nitrogens is 1. The van der Waals surface area contributed by atoms with E-state index in [9.17, 15) is 18.0 Å².